The third-order valence-corrected chi connectivity index (χ3v) is 14.1. The summed E-state index contributed by atoms with van der Waals surface area (Å²) in [7, 11) is 3.30. The van der Waals surface area contributed by atoms with Crippen LogP contribution in [0.1, 0.15) is 126 Å². The van der Waals surface area contributed by atoms with Crippen LogP contribution in [0, 0.1) is 11.3 Å². The Hall–Kier alpha value is -4.68. The first kappa shape index (κ1) is 53.9. The Morgan fingerprint density at radius 2 is 1.62 bits per heavy atom. The van der Waals surface area contributed by atoms with Gasteiger partial charge < -0.3 is 34.5 Å². The molecule has 3 aliphatic rings. The van der Waals surface area contributed by atoms with E-state index >= 15 is 0 Å². The van der Waals surface area contributed by atoms with Gasteiger partial charge in [0.15, 0.2) is 0 Å². The van der Waals surface area contributed by atoms with Crippen LogP contribution in [0.3, 0.4) is 0 Å². The third kappa shape index (κ3) is 15.7. The van der Waals surface area contributed by atoms with E-state index in [-0.39, 0.29) is 24.5 Å². The summed E-state index contributed by atoms with van der Waals surface area (Å²) in [6.45, 7) is 21.5. The second-order valence-electron chi connectivity index (χ2n) is 19.9. The number of hydrogen-bond donors (Lipinski definition) is 2. The van der Waals surface area contributed by atoms with Gasteiger partial charge in [-0.2, -0.15) is 11.8 Å². The van der Waals surface area contributed by atoms with E-state index in [4.69, 9.17) is 19.2 Å². The van der Waals surface area contributed by atoms with Gasteiger partial charge in [-0.1, -0.05) is 102 Å². The highest BCUT2D eigenvalue weighted by atomic mass is 32.2. The SMILES string of the molecule is C=CCCCCCCCCC1(SCC)CC1.C=C[C@H]1CC1(C=O)NC(=O)[C@@H]1CC(Oc2cc(-c3ccccc3)nc3cc(OC)ccc23)CN1C(=O)[C@@H](NC=O)C(C)(C)C.COC(C)(C)C. The molecule has 1 aromatic heterocycles. The Morgan fingerprint density at radius 1 is 0.955 bits per heavy atom. The number of pyridine rings is 1. The number of ether oxygens (including phenoxy) is 3. The molecule has 5 atom stereocenters. The number of amides is 3. The monoisotopic (exact) mass is 927 g/mol. The zero-order valence-electron chi connectivity index (χ0n) is 41.3. The minimum absolute atomic E-state index is 0.0417. The number of fused-ring (bicyclic) bond motifs is 1. The van der Waals surface area contributed by atoms with Gasteiger partial charge in [0.25, 0.3) is 0 Å². The largest absolute Gasteiger partial charge is 0.497 e. The fourth-order valence-electron chi connectivity index (χ4n) is 8.21. The minimum atomic E-state index is -1.03. The maximum atomic E-state index is 13.9. The molecule has 66 heavy (non-hydrogen) atoms. The Bertz CT molecular complexity index is 2060. The Labute approximate surface area is 399 Å². The lowest BCUT2D eigenvalue weighted by atomic mass is 9.85. The molecular weight excluding hydrogens is 849 g/mol. The zero-order valence-corrected chi connectivity index (χ0v) is 42.1. The standard InChI is InChI=1S/C34H38N4O6.C15H28S.C5H12O/c1-6-22-17-34(22,19-39)37-31(41)28-15-24(18-38(28)32(42)30(35-20-40)33(2,3)4)44-29-16-26(21-10-8-7-9-11-21)36-27-14-23(43-5)12-13-25(27)29;1-3-5-6-7-8-9-10-11-12-15(13-14-15)16-4-2;1-5(2,3)6-4/h6-14,16,19-20,22,24,28,30H,1,15,17-18H2,2-5H3,(H,35,40)(H,37,41);3H,1,4-14H2,2H3;1-4H3/t22-,24?,28-,30+,34?;;/m0../s1. The van der Waals surface area contributed by atoms with Crippen molar-refractivity contribution in [1.82, 2.24) is 20.5 Å². The van der Waals surface area contributed by atoms with Crippen LogP contribution in [0.5, 0.6) is 11.5 Å². The molecule has 2 saturated carbocycles. The molecule has 3 amide bonds. The molecule has 6 rings (SSSR count). The number of aldehydes is 1. The van der Waals surface area contributed by atoms with Gasteiger partial charge >= 0.3 is 0 Å². The van der Waals surface area contributed by atoms with Crippen LogP contribution >= 0.6 is 11.8 Å². The van der Waals surface area contributed by atoms with Crippen LogP contribution in [-0.2, 0) is 23.9 Å². The summed E-state index contributed by atoms with van der Waals surface area (Å²) in [5.74, 6) is 1.48. The fraction of sp³-hybridized carbons (Fsp3) is 0.574. The number of nitrogens with zero attached hydrogens (tertiary/aromatic N) is 2. The average molecular weight is 927 g/mol. The van der Waals surface area contributed by atoms with Gasteiger partial charge in [0.05, 0.1) is 30.5 Å². The van der Waals surface area contributed by atoms with E-state index in [0.29, 0.717) is 35.5 Å². The molecule has 2 heterocycles. The van der Waals surface area contributed by atoms with Crippen molar-refractivity contribution in [3.8, 4) is 22.8 Å². The van der Waals surface area contributed by atoms with E-state index in [0.717, 1.165) is 22.0 Å². The normalized spacial score (nSPS) is 20.9. The summed E-state index contributed by atoms with van der Waals surface area (Å²) in [6, 6.07) is 15.3. The van der Waals surface area contributed by atoms with Crippen LogP contribution < -0.4 is 20.1 Å². The predicted molar refractivity (Wildman–Crippen MR) is 270 cm³/mol. The topological polar surface area (TPSA) is 136 Å². The second-order valence-corrected chi connectivity index (χ2v) is 21.6. The van der Waals surface area contributed by atoms with Gasteiger partial charge in [-0.3, -0.25) is 14.4 Å². The summed E-state index contributed by atoms with van der Waals surface area (Å²) in [4.78, 5) is 57.4. The molecule has 2 unspecified atom stereocenters. The Balaban J connectivity index is 0.000000357. The first-order chi connectivity index (χ1) is 31.4. The number of hydrogen-bond acceptors (Lipinski definition) is 9. The fourth-order valence-corrected chi connectivity index (χ4v) is 9.50. The lowest BCUT2D eigenvalue weighted by Crippen LogP contribution is -2.57. The number of methoxy groups -OCH3 is 2. The molecule has 2 N–H and O–H groups in total. The molecule has 0 radical (unpaired) electrons. The molecule has 1 aliphatic heterocycles. The number of allylic oxidation sites excluding steroid dienone is 1. The van der Waals surface area contributed by atoms with Gasteiger partial charge in [0, 0.05) is 47.3 Å². The summed E-state index contributed by atoms with van der Waals surface area (Å²) >= 11 is 2.21. The summed E-state index contributed by atoms with van der Waals surface area (Å²) < 4.78 is 17.7. The van der Waals surface area contributed by atoms with E-state index in [9.17, 15) is 19.2 Å². The number of thioether (sulfide) groups is 1. The third-order valence-electron chi connectivity index (χ3n) is 12.6. The smallest absolute Gasteiger partial charge is 0.246 e. The van der Waals surface area contributed by atoms with Crippen LogP contribution in [-0.4, -0.2) is 95.0 Å². The van der Waals surface area contributed by atoms with E-state index in [1.165, 1.54) is 74.9 Å². The Kier molecular flexibility index (Phi) is 20.3. The van der Waals surface area contributed by atoms with Gasteiger partial charge in [-0.25, -0.2) is 4.98 Å². The van der Waals surface area contributed by atoms with Gasteiger partial charge in [-0.15, -0.1) is 13.2 Å². The lowest BCUT2D eigenvalue weighted by Gasteiger charge is -2.34. The van der Waals surface area contributed by atoms with Gasteiger partial charge in [-0.05, 0) is 82.6 Å². The first-order valence-corrected chi connectivity index (χ1v) is 24.8. The van der Waals surface area contributed by atoms with Crippen molar-refractivity contribution in [2.24, 2.45) is 11.3 Å². The number of carbonyl (C=O) groups excluding carboxylic acids is 4. The van der Waals surface area contributed by atoms with Crippen LogP contribution in [0.2, 0.25) is 0 Å². The molecule has 2 aromatic carbocycles. The predicted octanol–water partition coefficient (Wildman–Crippen LogP) is 10.7. The van der Waals surface area contributed by atoms with Crippen molar-refractivity contribution >= 4 is 47.2 Å². The van der Waals surface area contributed by atoms with E-state index < -0.39 is 41.0 Å². The van der Waals surface area contributed by atoms with Gasteiger partial charge in [0.1, 0.15) is 41.5 Å². The van der Waals surface area contributed by atoms with Crippen LogP contribution in [0.15, 0.2) is 79.9 Å². The highest BCUT2D eigenvalue weighted by Crippen LogP contribution is 2.52. The summed E-state index contributed by atoms with van der Waals surface area (Å²) in [6.07, 6.45) is 19.2. The molecule has 362 valence electrons. The van der Waals surface area contributed by atoms with Crippen molar-refractivity contribution in [3.63, 3.8) is 0 Å². The number of nitrogens with one attached hydrogen (secondary N) is 2. The molecule has 0 bridgehead atoms. The van der Waals surface area contributed by atoms with Crippen LogP contribution in [0.25, 0.3) is 22.2 Å². The zero-order chi connectivity index (χ0) is 48.5. The van der Waals surface area contributed by atoms with E-state index in [2.05, 4.69) is 42.5 Å². The first-order valence-electron chi connectivity index (χ1n) is 23.8. The molecule has 12 heteroatoms. The summed E-state index contributed by atoms with van der Waals surface area (Å²) in [5.41, 5.74) is 0.651. The second kappa shape index (κ2) is 24.9. The van der Waals surface area contributed by atoms with Crippen molar-refractivity contribution in [2.45, 2.75) is 160 Å². The molecule has 3 fully saturated rings. The van der Waals surface area contributed by atoms with Crippen molar-refractivity contribution in [1.29, 1.82) is 0 Å². The molecule has 0 spiro atoms. The average Bonchev–Trinajstić information content (AvgIpc) is 4.19. The molecule has 1 saturated heterocycles. The maximum absolute atomic E-state index is 13.9. The van der Waals surface area contributed by atoms with Crippen molar-refractivity contribution < 1.29 is 33.4 Å². The molecule has 11 nitrogen and oxygen atoms in total. The molecular formula is C54H78N4O7S. The maximum Gasteiger partial charge on any atom is 0.246 e. The van der Waals surface area contributed by atoms with Crippen molar-refractivity contribution in [3.05, 3.63) is 79.9 Å². The van der Waals surface area contributed by atoms with E-state index in [1.807, 2.05) is 102 Å². The molecule has 2 aliphatic carbocycles. The number of benzene rings is 2. The Morgan fingerprint density at radius 3 is 2.17 bits per heavy atom. The number of unbranched alkanes of at least 4 members (excludes halogenated alkanes) is 6. The van der Waals surface area contributed by atoms with Gasteiger partial charge in [0.2, 0.25) is 18.2 Å². The number of carbonyl (C=O) groups is 4. The highest BCUT2D eigenvalue weighted by Gasteiger charge is 2.56. The number of aromatic nitrogens is 1. The van der Waals surface area contributed by atoms with Crippen molar-refractivity contribution in [2.75, 3.05) is 26.5 Å². The molecule has 3 aromatic rings. The minimum Gasteiger partial charge on any atom is -0.497 e. The van der Waals surface area contributed by atoms with E-state index in [1.54, 1.807) is 20.3 Å². The number of likely N-dealkylation sites (tertiary alicyclic amines) is 1. The summed E-state index contributed by atoms with van der Waals surface area (Å²) in [5, 5.41) is 6.26. The number of rotatable bonds is 22. The quantitative estimate of drug-likeness (QED) is 0.0573. The highest BCUT2D eigenvalue weighted by molar-refractivity contribution is 8.00. The lowest BCUT2D eigenvalue weighted by molar-refractivity contribution is -0.143. The van der Waals surface area contributed by atoms with Crippen LogP contribution in [0.4, 0.5) is 0 Å².